The molecule has 2 aromatic rings. The molecule has 2 nitrogen and oxygen atoms in total. The minimum atomic E-state index is 0.925. The Labute approximate surface area is 116 Å². The summed E-state index contributed by atoms with van der Waals surface area (Å²) in [6, 6.07) is 12.2. The van der Waals surface area contributed by atoms with Crippen molar-refractivity contribution in [2.45, 2.75) is 13.8 Å². The van der Waals surface area contributed by atoms with Crippen LogP contribution in [0.3, 0.4) is 0 Å². The zero-order chi connectivity index (χ0) is 13.1. The highest BCUT2D eigenvalue weighted by molar-refractivity contribution is 9.10. The Morgan fingerprint density at radius 1 is 0.944 bits per heavy atom. The van der Waals surface area contributed by atoms with E-state index in [1.54, 1.807) is 7.11 Å². The molecular weight excluding hydrogens is 290 g/mol. The molecule has 94 valence electrons. The van der Waals surface area contributed by atoms with Crippen LogP contribution in [0.15, 0.2) is 40.9 Å². The van der Waals surface area contributed by atoms with E-state index >= 15 is 0 Å². The first kappa shape index (κ1) is 13.0. The van der Waals surface area contributed by atoms with Crippen LogP contribution in [0.5, 0.6) is 5.75 Å². The van der Waals surface area contributed by atoms with E-state index < -0.39 is 0 Å². The summed E-state index contributed by atoms with van der Waals surface area (Å²) in [7, 11) is 1.70. The van der Waals surface area contributed by atoms with Gasteiger partial charge < -0.3 is 10.1 Å². The molecular formula is C15H16BrNO. The Kier molecular flexibility index (Phi) is 3.92. The predicted octanol–water partition coefficient (Wildman–Crippen LogP) is 4.82. The number of hydrogen-bond donors (Lipinski definition) is 1. The van der Waals surface area contributed by atoms with Crippen LogP contribution >= 0.6 is 15.9 Å². The van der Waals surface area contributed by atoms with E-state index in [1.807, 2.05) is 36.4 Å². The van der Waals surface area contributed by atoms with Crippen LogP contribution in [0.1, 0.15) is 11.1 Å². The fraction of sp³-hybridized carbons (Fsp3) is 0.200. The fourth-order valence-corrected chi connectivity index (χ4v) is 2.11. The van der Waals surface area contributed by atoms with Crippen molar-refractivity contribution in [1.29, 1.82) is 0 Å². The topological polar surface area (TPSA) is 21.3 Å². The molecule has 2 rings (SSSR count). The molecule has 0 aliphatic heterocycles. The monoisotopic (exact) mass is 305 g/mol. The summed E-state index contributed by atoms with van der Waals surface area (Å²) in [6.45, 7) is 4.17. The second-order valence-corrected chi connectivity index (χ2v) is 5.11. The average Bonchev–Trinajstić information content (AvgIpc) is 2.38. The lowest BCUT2D eigenvalue weighted by molar-refractivity contribution is 0.411. The van der Waals surface area contributed by atoms with Crippen molar-refractivity contribution in [2.75, 3.05) is 12.4 Å². The van der Waals surface area contributed by atoms with Crippen molar-refractivity contribution in [3.63, 3.8) is 0 Å². The quantitative estimate of drug-likeness (QED) is 0.878. The van der Waals surface area contributed by atoms with Crippen LogP contribution in [0.2, 0.25) is 0 Å². The Hall–Kier alpha value is -1.48. The Balaban J connectivity index is 2.29. The maximum atomic E-state index is 5.31. The molecule has 0 aliphatic carbocycles. The van der Waals surface area contributed by atoms with Crippen molar-refractivity contribution < 1.29 is 4.74 Å². The van der Waals surface area contributed by atoms with Crippen molar-refractivity contribution in [3.05, 3.63) is 52.0 Å². The molecule has 0 radical (unpaired) electrons. The highest BCUT2D eigenvalue weighted by Crippen LogP contribution is 2.29. The van der Waals surface area contributed by atoms with Gasteiger partial charge in [0.25, 0.3) is 0 Å². The first-order valence-corrected chi connectivity index (χ1v) is 6.58. The van der Waals surface area contributed by atoms with Gasteiger partial charge in [0.1, 0.15) is 5.75 Å². The lowest BCUT2D eigenvalue weighted by atomic mass is 10.1. The SMILES string of the molecule is COc1ccc(Nc2ccc(Br)cc2)c(C)c1C. The van der Waals surface area contributed by atoms with Gasteiger partial charge >= 0.3 is 0 Å². The van der Waals surface area contributed by atoms with E-state index in [-0.39, 0.29) is 0 Å². The van der Waals surface area contributed by atoms with Gasteiger partial charge in [0.2, 0.25) is 0 Å². The molecule has 1 N–H and O–H groups in total. The number of nitrogens with one attached hydrogen (secondary N) is 1. The van der Waals surface area contributed by atoms with Gasteiger partial charge in [-0.1, -0.05) is 15.9 Å². The second-order valence-electron chi connectivity index (χ2n) is 4.20. The highest BCUT2D eigenvalue weighted by atomic mass is 79.9. The summed E-state index contributed by atoms with van der Waals surface area (Å²) in [5.41, 5.74) is 4.55. The summed E-state index contributed by atoms with van der Waals surface area (Å²) in [5.74, 6) is 0.925. The molecule has 2 aromatic carbocycles. The first-order valence-electron chi connectivity index (χ1n) is 5.78. The maximum Gasteiger partial charge on any atom is 0.122 e. The van der Waals surface area contributed by atoms with Crippen LogP contribution in [0.4, 0.5) is 11.4 Å². The smallest absolute Gasteiger partial charge is 0.122 e. The zero-order valence-electron chi connectivity index (χ0n) is 10.8. The average molecular weight is 306 g/mol. The third kappa shape index (κ3) is 2.67. The molecule has 3 heteroatoms. The summed E-state index contributed by atoms with van der Waals surface area (Å²) < 4.78 is 6.39. The molecule has 0 heterocycles. The molecule has 0 saturated heterocycles. The lowest BCUT2D eigenvalue weighted by Gasteiger charge is -2.14. The zero-order valence-corrected chi connectivity index (χ0v) is 12.3. The number of hydrogen-bond acceptors (Lipinski definition) is 2. The van der Waals surface area contributed by atoms with Crippen molar-refractivity contribution in [3.8, 4) is 5.75 Å². The third-order valence-corrected chi connectivity index (χ3v) is 3.61. The number of anilines is 2. The van der Waals surface area contributed by atoms with Crippen LogP contribution in [0.25, 0.3) is 0 Å². The Morgan fingerprint density at radius 2 is 1.61 bits per heavy atom. The minimum absolute atomic E-state index is 0.925. The van der Waals surface area contributed by atoms with Gasteiger partial charge in [0.05, 0.1) is 7.11 Å². The predicted molar refractivity (Wildman–Crippen MR) is 79.9 cm³/mol. The molecule has 18 heavy (non-hydrogen) atoms. The van der Waals surface area contributed by atoms with Crippen molar-refractivity contribution >= 4 is 27.3 Å². The van der Waals surface area contributed by atoms with Crippen LogP contribution < -0.4 is 10.1 Å². The molecule has 0 unspecified atom stereocenters. The van der Waals surface area contributed by atoms with Crippen LogP contribution in [-0.4, -0.2) is 7.11 Å². The van der Waals surface area contributed by atoms with Gasteiger partial charge in [-0.05, 0) is 61.4 Å². The second kappa shape index (κ2) is 5.44. The lowest BCUT2D eigenvalue weighted by Crippen LogP contribution is -1.97. The van der Waals surface area contributed by atoms with Gasteiger partial charge in [-0.2, -0.15) is 0 Å². The summed E-state index contributed by atoms with van der Waals surface area (Å²) in [5, 5.41) is 3.42. The number of halogens is 1. The third-order valence-electron chi connectivity index (χ3n) is 3.08. The van der Waals surface area contributed by atoms with Gasteiger partial charge in [0, 0.05) is 15.8 Å². The normalized spacial score (nSPS) is 10.2. The van der Waals surface area contributed by atoms with E-state index in [1.165, 1.54) is 11.1 Å². The van der Waals surface area contributed by atoms with E-state index in [2.05, 4.69) is 35.1 Å². The summed E-state index contributed by atoms with van der Waals surface area (Å²) >= 11 is 3.43. The van der Waals surface area contributed by atoms with E-state index in [9.17, 15) is 0 Å². The largest absolute Gasteiger partial charge is 0.496 e. The summed E-state index contributed by atoms with van der Waals surface area (Å²) in [6.07, 6.45) is 0. The van der Waals surface area contributed by atoms with Gasteiger partial charge in [0.15, 0.2) is 0 Å². The van der Waals surface area contributed by atoms with E-state index in [0.717, 1.165) is 21.6 Å². The van der Waals surface area contributed by atoms with Crippen LogP contribution in [0, 0.1) is 13.8 Å². The fourth-order valence-electron chi connectivity index (χ4n) is 1.84. The molecule has 0 atom stereocenters. The molecule has 0 bridgehead atoms. The molecule has 0 fully saturated rings. The number of benzene rings is 2. The van der Waals surface area contributed by atoms with E-state index in [4.69, 9.17) is 4.74 Å². The van der Waals surface area contributed by atoms with Gasteiger partial charge in [-0.3, -0.25) is 0 Å². The van der Waals surface area contributed by atoms with Gasteiger partial charge in [-0.15, -0.1) is 0 Å². The molecule has 0 saturated carbocycles. The number of ether oxygens (including phenoxy) is 1. The minimum Gasteiger partial charge on any atom is -0.496 e. The summed E-state index contributed by atoms with van der Waals surface area (Å²) in [4.78, 5) is 0. The Morgan fingerprint density at radius 3 is 2.22 bits per heavy atom. The van der Waals surface area contributed by atoms with Crippen molar-refractivity contribution in [2.24, 2.45) is 0 Å². The molecule has 0 aliphatic rings. The standard InChI is InChI=1S/C15H16BrNO/c1-10-11(2)15(18-3)9-8-14(10)17-13-6-4-12(16)5-7-13/h4-9,17H,1-3H3. The molecule has 0 spiro atoms. The first-order chi connectivity index (χ1) is 8.61. The molecule has 0 amide bonds. The van der Waals surface area contributed by atoms with Gasteiger partial charge in [-0.25, -0.2) is 0 Å². The molecule has 0 aromatic heterocycles. The highest BCUT2D eigenvalue weighted by Gasteiger charge is 2.06. The number of rotatable bonds is 3. The Bertz CT molecular complexity index is 549. The van der Waals surface area contributed by atoms with E-state index in [0.29, 0.717) is 0 Å². The number of methoxy groups -OCH3 is 1. The maximum absolute atomic E-state index is 5.31. The van der Waals surface area contributed by atoms with Crippen molar-refractivity contribution in [1.82, 2.24) is 0 Å². The van der Waals surface area contributed by atoms with Crippen LogP contribution in [-0.2, 0) is 0 Å².